The summed E-state index contributed by atoms with van der Waals surface area (Å²) in [6, 6.07) is 16.7. The van der Waals surface area contributed by atoms with Crippen LogP contribution in [0.15, 0.2) is 48.5 Å². The van der Waals surface area contributed by atoms with Gasteiger partial charge in [-0.05, 0) is 30.2 Å². The number of pyridine rings is 1. The first kappa shape index (κ1) is 15.5. The van der Waals surface area contributed by atoms with Crippen LogP contribution in [0.3, 0.4) is 0 Å². The number of hydrogen-bond acceptors (Lipinski definition) is 3. The van der Waals surface area contributed by atoms with Crippen LogP contribution in [-0.4, -0.2) is 18.6 Å². The molecule has 3 heteroatoms. The molecule has 0 amide bonds. The van der Waals surface area contributed by atoms with E-state index in [2.05, 4.69) is 73.6 Å². The molecule has 0 aliphatic carbocycles. The molecule has 2 aromatic rings. The SMILES string of the molecule is CC(C)CNCc1cccc(N(C)Cc2ccccc2)n1. The maximum Gasteiger partial charge on any atom is 0.128 e. The molecule has 0 saturated carbocycles. The van der Waals surface area contributed by atoms with E-state index < -0.39 is 0 Å². The molecule has 0 aliphatic heterocycles. The number of nitrogens with one attached hydrogen (secondary N) is 1. The van der Waals surface area contributed by atoms with Crippen LogP contribution in [-0.2, 0) is 13.1 Å². The molecule has 0 unspecified atom stereocenters. The minimum absolute atomic E-state index is 0.661. The average Bonchev–Trinajstić information content (AvgIpc) is 2.48. The van der Waals surface area contributed by atoms with Gasteiger partial charge in [0.05, 0.1) is 5.69 Å². The molecular formula is C18H25N3. The molecule has 0 saturated heterocycles. The molecule has 3 nitrogen and oxygen atoms in total. The van der Waals surface area contributed by atoms with E-state index in [0.29, 0.717) is 5.92 Å². The summed E-state index contributed by atoms with van der Waals surface area (Å²) in [5.41, 5.74) is 2.39. The summed E-state index contributed by atoms with van der Waals surface area (Å²) in [6.07, 6.45) is 0. The summed E-state index contributed by atoms with van der Waals surface area (Å²) < 4.78 is 0. The lowest BCUT2D eigenvalue weighted by Gasteiger charge is -2.19. The standard InChI is InChI=1S/C18H25N3/c1-15(2)12-19-13-17-10-7-11-18(20-17)21(3)14-16-8-5-4-6-9-16/h4-11,15,19H,12-14H2,1-3H3. The van der Waals surface area contributed by atoms with E-state index in [1.807, 2.05) is 6.07 Å². The molecular weight excluding hydrogens is 258 g/mol. The van der Waals surface area contributed by atoms with Crippen LogP contribution in [0.5, 0.6) is 0 Å². The van der Waals surface area contributed by atoms with Gasteiger partial charge in [0.15, 0.2) is 0 Å². The number of rotatable bonds is 7. The van der Waals surface area contributed by atoms with E-state index in [-0.39, 0.29) is 0 Å². The van der Waals surface area contributed by atoms with Crippen molar-refractivity contribution in [3.8, 4) is 0 Å². The van der Waals surface area contributed by atoms with Crippen molar-refractivity contribution in [1.82, 2.24) is 10.3 Å². The first-order valence-electron chi connectivity index (χ1n) is 7.57. The normalized spacial score (nSPS) is 10.9. The Balaban J connectivity index is 1.96. The van der Waals surface area contributed by atoms with Gasteiger partial charge in [-0.2, -0.15) is 0 Å². The van der Waals surface area contributed by atoms with Crippen molar-refractivity contribution in [1.29, 1.82) is 0 Å². The van der Waals surface area contributed by atoms with E-state index in [1.165, 1.54) is 5.56 Å². The largest absolute Gasteiger partial charge is 0.355 e. The minimum Gasteiger partial charge on any atom is -0.355 e. The van der Waals surface area contributed by atoms with Crippen molar-refractivity contribution < 1.29 is 0 Å². The van der Waals surface area contributed by atoms with Gasteiger partial charge in [-0.1, -0.05) is 50.2 Å². The molecule has 2 rings (SSSR count). The first-order chi connectivity index (χ1) is 10.1. The highest BCUT2D eigenvalue weighted by atomic mass is 15.2. The van der Waals surface area contributed by atoms with Crippen molar-refractivity contribution >= 4 is 5.82 Å². The Bertz CT molecular complexity index is 537. The van der Waals surface area contributed by atoms with E-state index in [9.17, 15) is 0 Å². The Hall–Kier alpha value is -1.87. The molecule has 0 spiro atoms. The fourth-order valence-electron chi connectivity index (χ4n) is 2.21. The maximum atomic E-state index is 4.73. The Kier molecular flexibility index (Phi) is 5.76. The summed E-state index contributed by atoms with van der Waals surface area (Å²) in [5, 5.41) is 3.44. The second-order valence-electron chi connectivity index (χ2n) is 5.85. The quantitative estimate of drug-likeness (QED) is 0.843. The van der Waals surface area contributed by atoms with Crippen LogP contribution in [0.4, 0.5) is 5.82 Å². The molecule has 0 radical (unpaired) electrons. The van der Waals surface area contributed by atoms with Crippen LogP contribution in [0.2, 0.25) is 0 Å². The zero-order valence-corrected chi connectivity index (χ0v) is 13.2. The highest BCUT2D eigenvalue weighted by Crippen LogP contribution is 2.13. The Morgan fingerprint density at radius 3 is 2.52 bits per heavy atom. The fourth-order valence-corrected chi connectivity index (χ4v) is 2.21. The predicted octanol–water partition coefficient (Wildman–Crippen LogP) is 3.46. The molecule has 0 bridgehead atoms. The van der Waals surface area contributed by atoms with Gasteiger partial charge in [-0.15, -0.1) is 0 Å². The van der Waals surface area contributed by atoms with Gasteiger partial charge in [0.25, 0.3) is 0 Å². The monoisotopic (exact) mass is 283 g/mol. The highest BCUT2D eigenvalue weighted by molar-refractivity contribution is 5.39. The lowest BCUT2D eigenvalue weighted by Crippen LogP contribution is -2.21. The van der Waals surface area contributed by atoms with Crippen molar-refractivity contribution in [2.45, 2.75) is 26.9 Å². The van der Waals surface area contributed by atoms with Crippen LogP contribution in [0.1, 0.15) is 25.1 Å². The van der Waals surface area contributed by atoms with E-state index in [4.69, 9.17) is 4.98 Å². The molecule has 0 fully saturated rings. The molecule has 1 aromatic heterocycles. The highest BCUT2D eigenvalue weighted by Gasteiger charge is 2.04. The zero-order valence-electron chi connectivity index (χ0n) is 13.2. The minimum atomic E-state index is 0.661. The number of aromatic nitrogens is 1. The summed E-state index contributed by atoms with van der Waals surface area (Å²) in [6.45, 7) is 7.14. The topological polar surface area (TPSA) is 28.2 Å². The van der Waals surface area contributed by atoms with E-state index in [1.54, 1.807) is 0 Å². The van der Waals surface area contributed by atoms with Crippen molar-refractivity contribution in [2.75, 3.05) is 18.5 Å². The van der Waals surface area contributed by atoms with Gasteiger partial charge >= 0.3 is 0 Å². The van der Waals surface area contributed by atoms with Crippen molar-refractivity contribution in [3.05, 3.63) is 59.8 Å². The van der Waals surface area contributed by atoms with Gasteiger partial charge in [-0.25, -0.2) is 4.98 Å². The smallest absolute Gasteiger partial charge is 0.128 e. The van der Waals surface area contributed by atoms with Gasteiger partial charge in [-0.3, -0.25) is 0 Å². The van der Waals surface area contributed by atoms with Gasteiger partial charge in [0.1, 0.15) is 5.82 Å². The number of hydrogen-bond donors (Lipinski definition) is 1. The summed E-state index contributed by atoms with van der Waals surface area (Å²) in [5.74, 6) is 1.68. The third-order valence-electron chi connectivity index (χ3n) is 3.30. The van der Waals surface area contributed by atoms with Crippen LogP contribution in [0.25, 0.3) is 0 Å². The molecule has 1 aromatic carbocycles. The first-order valence-corrected chi connectivity index (χ1v) is 7.57. The molecule has 0 aliphatic rings. The second kappa shape index (κ2) is 7.79. The Morgan fingerprint density at radius 2 is 1.81 bits per heavy atom. The summed E-state index contributed by atoms with van der Waals surface area (Å²) in [4.78, 5) is 6.91. The molecule has 21 heavy (non-hydrogen) atoms. The molecule has 1 N–H and O–H groups in total. The van der Waals surface area contributed by atoms with Gasteiger partial charge < -0.3 is 10.2 Å². The number of anilines is 1. The van der Waals surface area contributed by atoms with Gasteiger partial charge in [0, 0.05) is 20.1 Å². The molecule has 0 atom stereocenters. The van der Waals surface area contributed by atoms with Crippen molar-refractivity contribution in [2.24, 2.45) is 5.92 Å². The summed E-state index contributed by atoms with van der Waals surface area (Å²) >= 11 is 0. The second-order valence-corrected chi connectivity index (χ2v) is 5.85. The summed E-state index contributed by atoms with van der Waals surface area (Å²) in [7, 11) is 2.08. The Labute approximate surface area is 128 Å². The predicted molar refractivity (Wildman–Crippen MR) is 89.3 cm³/mol. The van der Waals surface area contributed by atoms with Gasteiger partial charge in [0.2, 0.25) is 0 Å². The zero-order chi connectivity index (χ0) is 15.1. The van der Waals surface area contributed by atoms with Crippen molar-refractivity contribution in [3.63, 3.8) is 0 Å². The van der Waals surface area contributed by atoms with Crippen LogP contribution in [0, 0.1) is 5.92 Å². The van der Waals surface area contributed by atoms with E-state index >= 15 is 0 Å². The molecule has 1 heterocycles. The van der Waals surface area contributed by atoms with Crippen LogP contribution < -0.4 is 10.2 Å². The third-order valence-corrected chi connectivity index (χ3v) is 3.30. The van der Waals surface area contributed by atoms with E-state index in [0.717, 1.165) is 31.1 Å². The maximum absolute atomic E-state index is 4.73. The lowest BCUT2D eigenvalue weighted by molar-refractivity contribution is 0.548. The number of benzene rings is 1. The molecule has 112 valence electrons. The lowest BCUT2D eigenvalue weighted by atomic mass is 10.2. The fraction of sp³-hybridized carbons (Fsp3) is 0.389. The Morgan fingerprint density at radius 1 is 1.05 bits per heavy atom. The average molecular weight is 283 g/mol. The van der Waals surface area contributed by atoms with Crippen LogP contribution >= 0.6 is 0 Å². The number of nitrogens with zero attached hydrogens (tertiary/aromatic N) is 2. The third kappa shape index (κ3) is 5.20.